The summed E-state index contributed by atoms with van der Waals surface area (Å²) in [5, 5.41) is 9.56. The van der Waals surface area contributed by atoms with Gasteiger partial charge in [0.2, 0.25) is 5.88 Å². The highest BCUT2D eigenvalue weighted by atomic mass is 35.5. The zero-order valence-corrected chi connectivity index (χ0v) is 22.2. The Morgan fingerprint density at radius 2 is 1.64 bits per heavy atom. The Morgan fingerprint density at radius 3 is 2.33 bits per heavy atom. The number of carbonyl (C=O) groups is 1. The van der Waals surface area contributed by atoms with Crippen molar-refractivity contribution in [3.63, 3.8) is 0 Å². The number of fused-ring (bicyclic) bond motifs is 5. The van der Waals surface area contributed by atoms with Crippen LogP contribution in [0.15, 0.2) is 60.8 Å². The number of benzene rings is 3. The van der Waals surface area contributed by atoms with Gasteiger partial charge in [0.15, 0.2) is 0 Å². The molecule has 0 aliphatic heterocycles. The molecule has 1 heterocycles. The summed E-state index contributed by atoms with van der Waals surface area (Å²) >= 11 is 5.76. The van der Waals surface area contributed by atoms with Crippen LogP contribution in [0.1, 0.15) is 46.9 Å². The average molecular weight is 604 g/mol. The predicted octanol–water partition coefficient (Wildman–Crippen LogP) is 8.76. The maximum Gasteiger partial charge on any atom is 0.417 e. The lowest BCUT2D eigenvalue weighted by Crippen LogP contribution is -2.20. The van der Waals surface area contributed by atoms with Crippen molar-refractivity contribution in [1.82, 2.24) is 4.98 Å². The fraction of sp³-hybridized carbons (Fsp3) is 0.226. The number of alkyl halides is 3. The number of halogens is 7. The summed E-state index contributed by atoms with van der Waals surface area (Å²) in [6.07, 6.45) is -2.30. The lowest BCUT2D eigenvalue weighted by Gasteiger charge is -2.21. The average Bonchev–Trinajstić information content (AvgIpc) is 3.52. The second kappa shape index (κ2) is 10.3. The van der Waals surface area contributed by atoms with Crippen molar-refractivity contribution in [2.75, 3.05) is 0 Å². The van der Waals surface area contributed by atoms with Gasteiger partial charge in [-0.25, -0.2) is 18.2 Å². The first kappa shape index (κ1) is 28.1. The molecule has 2 bridgehead atoms. The third-order valence-electron chi connectivity index (χ3n) is 8.03. The van der Waals surface area contributed by atoms with Gasteiger partial charge in [0.05, 0.1) is 11.5 Å². The summed E-state index contributed by atoms with van der Waals surface area (Å²) in [7, 11) is 0. The Balaban J connectivity index is 1.31. The Labute approximate surface area is 240 Å². The molecule has 2 aliphatic carbocycles. The zero-order chi connectivity index (χ0) is 29.9. The molecule has 11 heteroatoms. The highest BCUT2D eigenvalue weighted by molar-refractivity contribution is 6.30. The van der Waals surface area contributed by atoms with Gasteiger partial charge in [0.25, 0.3) is 0 Å². The molecule has 3 atom stereocenters. The fourth-order valence-electron chi connectivity index (χ4n) is 6.07. The normalized spacial score (nSPS) is 19.2. The van der Waals surface area contributed by atoms with Crippen molar-refractivity contribution in [2.45, 2.75) is 37.5 Å². The number of hydrogen-bond donors (Lipinski definition) is 1. The molecular weight excluding hydrogens is 584 g/mol. The van der Waals surface area contributed by atoms with Gasteiger partial charge in [-0.2, -0.15) is 13.2 Å². The largest absolute Gasteiger partial charge is 0.481 e. The number of hydrogen-bond acceptors (Lipinski definition) is 3. The molecule has 2 aliphatic rings. The SMILES string of the molecule is O=C(O)[C@H]1CC2C[C@@H]1c1cnc(OCc3cc(-c4ccc(-c5ccc(Cl)cc5F)cc4F)c(C(F)(F)F)cc3F)cc12. The van der Waals surface area contributed by atoms with Crippen molar-refractivity contribution < 1.29 is 41.0 Å². The summed E-state index contributed by atoms with van der Waals surface area (Å²) in [5.74, 6) is -4.34. The van der Waals surface area contributed by atoms with Crippen LogP contribution in [-0.4, -0.2) is 16.1 Å². The van der Waals surface area contributed by atoms with Crippen LogP contribution in [0, 0.1) is 23.4 Å². The van der Waals surface area contributed by atoms with E-state index in [1.54, 1.807) is 6.07 Å². The van der Waals surface area contributed by atoms with Crippen molar-refractivity contribution in [1.29, 1.82) is 0 Å². The summed E-state index contributed by atoms with van der Waals surface area (Å²) < 4.78 is 91.9. The molecule has 0 spiro atoms. The quantitative estimate of drug-likeness (QED) is 0.224. The van der Waals surface area contributed by atoms with Crippen LogP contribution in [0.3, 0.4) is 0 Å². The Kier molecular flexibility index (Phi) is 6.92. The minimum atomic E-state index is -5.00. The van der Waals surface area contributed by atoms with E-state index in [9.17, 15) is 31.9 Å². The first-order chi connectivity index (χ1) is 19.9. The van der Waals surface area contributed by atoms with Crippen molar-refractivity contribution in [3.05, 3.63) is 106 Å². The topological polar surface area (TPSA) is 59.4 Å². The monoisotopic (exact) mass is 603 g/mol. The Hall–Kier alpha value is -4.05. The summed E-state index contributed by atoms with van der Waals surface area (Å²) in [5.41, 5.74) is -0.906. The molecule has 1 aromatic heterocycles. The van der Waals surface area contributed by atoms with Gasteiger partial charge >= 0.3 is 12.1 Å². The standard InChI is InChI=1S/C31H20ClF6NO3/c32-17-2-4-18(28(35)9-17)14-1-3-19(27(34)8-14)22-7-16(26(33)11-25(22)31(36,37)38)13-42-29-10-20-15-5-21(24(20)12-39-29)23(6-15)30(40)41/h1-4,7-12,15,21,23H,5-6,13H2,(H,40,41)/t15?,21-,23-/m0/s1. The lowest BCUT2D eigenvalue weighted by atomic mass is 9.85. The van der Waals surface area contributed by atoms with E-state index in [4.69, 9.17) is 16.3 Å². The zero-order valence-electron chi connectivity index (χ0n) is 21.5. The molecule has 0 saturated heterocycles. The minimum absolute atomic E-state index is 0.00244. The number of aromatic nitrogens is 1. The first-order valence-electron chi connectivity index (χ1n) is 12.9. The van der Waals surface area contributed by atoms with Crippen LogP contribution in [-0.2, 0) is 17.6 Å². The summed E-state index contributed by atoms with van der Waals surface area (Å²) in [6, 6.07) is 9.82. The highest BCUT2D eigenvalue weighted by Gasteiger charge is 2.47. The fourth-order valence-corrected chi connectivity index (χ4v) is 6.23. The second-order valence-electron chi connectivity index (χ2n) is 10.5. The molecule has 0 radical (unpaired) electrons. The van der Waals surface area contributed by atoms with Crippen LogP contribution in [0.5, 0.6) is 5.88 Å². The maximum absolute atomic E-state index is 15.3. The third kappa shape index (κ3) is 4.98. The first-order valence-corrected chi connectivity index (χ1v) is 13.3. The summed E-state index contributed by atoms with van der Waals surface area (Å²) in [4.78, 5) is 15.7. The second-order valence-corrected chi connectivity index (χ2v) is 10.9. The number of carboxylic acid groups (broad SMARTS) is 1. The van der Waals surface area contributed by atoms with E-state index in [1.807, 2.05) is 0 Å². The summed E-state index contributed by atoms with van der Waals surface area (Å²) in [6.45, 7) is -0.496. The number of nitrogens with zero attached hydrogens (tertiary/aromatic N) is 1. The number of pyridine rings is 1. The molecule has 0 amide bonds. The van der Waals surface area contributed by atoms with E-state index < -0.39 is 58.8 Å². The van der Waals surface area contributed by atoms with E-state index in [2.05, 4.69) is 4.98 Å². The van der Waals surface area contributed by atoms with Gasteiger partial charge < -0.3 is 9.84 Å². The van der Waals surface area contributed by atoms with Gasteiger partial charge in [-0.05, 0) is 83.3 Å². The Morgan fingerprint density at radius 1 is 0.905 bits per heavy atom. The lowest BCUT2D eigenvalue weighted by molar-refractivity contribution is -0.142. The molecule has 1 fully saturated rings. The molecule has 4 nitrogen and oxygen atoms in total. The van der Waals surface area contributed by atoms with Gasteiger partial charge in [0, 0.05) is 34.0 Å². The van der Waals surface area contributed by atoms with Gasteiger partial charge in [0.1, 0.15) is 24.1 Å². The number of ether oxygens (including phenoxy) is 1. The Bertz CT molecular complexity index is 1740. The highest BCUT2D eigenvalue weighted by Crippen LogP contribution is 2.56. The molecule has 4 aromatic rings. The van der Waals surface area contributed by atoms with Crippen molar-refractivity contribution in [2.24, 2.45) is 5.92 Å². The molecule has 3 aromatic carbocycles. The van der Waals surface area contributed by atoms with Gasteiger partial charge in [-0.3, -0.25) is 4.79 Å². The predicted molar refractivity (Wildman–Crippen MR) is 142 cm³/mol. The molecule has 1 N–H and O–H groups in total. The molecule has 42 heavy (non-hydrogen) atoms. The van der Waals surface area contributed by atoms with Crippen molar-refractivity contribution >= 4 is 17.6 Å². The molecular formula is C31H20ClF6NO3. The van der Waals surface area contributed by atoms with Crippen LogP contribution in [0.25, 0.3) is 22.3 Å². The smallest absolute Gasteiger partial charge is 0.417 e. The third-order valence-corrected chi connectivity index (χ3v) is 8.27. The van der Waals surface area contributed by atoms with Gasteiger partial charge in [-0.1, -0.05) is 23.7 Å². The van der Waals surface area contributed by atoms with E-state index in [0.717, 1.165) is 35.4 Å². The molecule has 6 rings (SSSR count). The van der Waals surface area contributed by atoms with Crippen LogP contribution in [0.2, 0.25) is 5.02 Å². The maximum atomic E-state index is 15.3. The van der Waals surface area contributed by atoms with Gasteiger partial charge in [-0.15, -0.1) is 0 Å². The van der Waals surface area contributed by atoms with E-state index in [-0.39, 0.29) is 39.4 Å². The number of carboxylic acids is 1. The number of rotatable bonds is 6. The minimum Gasteiger partial charge on any atom is -0.481 e. The van der Waals surface area contributed by atoms with Crippen molar-refractivity contribution in [3.8, 4) is 28.1 Å². The molecule has 1 saturated carbocycles. The van der Waals surface area contributed by atoms with E-state index >= 15 is 4.39 Å². The number of aliphatic carboxylic acids is 1. The molecule has 1 unspecified atom stereocenters. The van der Waals surface area contributed by atoms with E-state index in [0.29, 0.717) is 18.9 Å². The van der Waals surface area contributed by atoms with Crippen LogP contribution in [0.4, 0.5) is 26.3 Å². The molecule has 216 valence electrons. The van der Waals surface area contributed by atoms with Crippen LogP contribution < -0.4 is 4.74 Å². The van der Waals surface area contributed by atoms with E-state index in [1.165, 1.54) is 24.4 Å². The van der Waals surface area contributed by atoms with Crippen LogP contribution >= 0.6 is 11.6 Å².